The van der Waals surface area contributed by atoms with Crippen LogP contribution in [0.5, 0.6) is 0 Å². The molecule has 2 heterocycles. The van der Waals surface area contributed by atoms with E-state index in [-0.39, 0.29) is 11.9 Å². The predicted octanol–water partition coefficient (Wildman–Crippen LogP) is 1.59. The van der Waals surface area contributed by atoms with E-state index in [4.69, 9.17) is 21.1 Å². The lowest BCUT2D eigenvalue weighted by molar-refractivity contribution is -0.155. The van der Waals surface area contributed by atoms with Gasteiger partial charge in [0.15, 0.2) is 5.79 Å². The molecule has 1 saturated carbocycles. The lowest BCUT2D eigenvalue weighted by Gasteiger charge is -2.23. The van der Waals surface area contributed by atoms with Crippen molar-refractivity contribution in [3.05, 3.63) is 0 Å². The van der Waals surface area contributed by atoms with Gasteiger partial charge in [0.05, 0.1) is 25.1 Å². The summed E-state index contributed by atoms with van der Waals surface area (Å²) in [6.45, 7) is 3.87. The van der Waals surface area contributed by atoms with Gasteiger partial charge in [0.25, 0.3) is 0 Å². The number of alkyl halides is 1. The molecule has 3 fully saturated rings. The largest absolute Gasteiger partial charge is 0.346 e. The van der Waals surface area contributed by atoms with E-state index in [9.17, 15) is 0 Å². The van der Waals surface area contributed by atoms with Crippen molar-refractivity contribution in [2.24, 2.45) is 0 Å². The molecule has 0 aromatic heterocycles. The van der Waals surface area contributed by atoms with E-state index >= 15 is 0 Å². The van der Waals surface area contributed by atoms with Crippen molar-refractivity contribution < 1.29 is 9.47 Å². The minimum Gasteiger partial charge on any atom is -0.346 e. The van der Waals surface area contributed by atoms with E-state index in [2.05, 4.69) is 11.8 Å². The van der Waals surface area contributed by atoms with Crippen LogP contribution in [0.4, 0.5) is 0 Å². The van der Waals surface area contributed by atoms with Crippen molar-refractivity contribution in [2.45, 2.75) is 50.2 Å². The molecule has 0 radical (unpaired) electrons. The van der Waals surface area contributed by atoms with Gasteiger partial charge < -0.3 is 9.47 Å². The maximum absolute atomic E-state index is 5.94. The average molecular weight is 232 g/mol. The number of nitrogens with zero attached hydrogens (tertiary/aromatic N) is 1. The highest BCUT2D eigenvalue weighted by Gasteiger charge is 2.52. The highest BCUT2D eigenvalue weighted by Crippen LogP contribution is 2.42. The van der Waals surface area contributed by atoms with E-state index in [1.165, 1.54) is 12.8 Å². The van der Waals surface area contributed by atoms with Gasteiger partial charge in [-0.05, 0) is 19.8 Å². The Morgan fingerprint density at radius 1 is 1.47 bits per heavy atom. The predicted molar refractivity (Wildman–Crippen MR) is 58.1 cm³/mol. The van der Waals surface area contributed by atoms with Crippen LogP contribution < -0.4 is 0 Å². The Labute approximate surface area is 95.7 Å². The number of hydrogen-bond acceptors (Lipinski definition) is 3. The summed E-state index contributed by atoms with van der Waals surface area (Å²) in [6, 6.07) is 1.38. The third-order valence-corrected chi connectivity index (χ3v) is 4.04. The summed E-state index contributed by atoms with van der Waals surface area (Å²) in [5.41, 5.74) is 0. The van der Waals surface area contributed by atoms with Crippen molar-refractivity contribution >= 4 is 11.6 Å². The molecular formula is C11H18ClNO2. The fraction of sp³-hybridized carbons (Fsp3) is 1.00. The zero-order valence-corrected chi connectivity index (χ0v) is 9.87. The first-order chi connectivity index (χ1) is 7.22. The van der Waals surface area contributed by atoms with Gasteiger partial charge in [-0.2, -0.15) is 0 Å². The Hall–Kier alpha value is 0.170. The fourth-order valence-corrected chi connectivity index (χ4v) is 3.00. The molecule has 0 aromatic carbocycles. The van der Waals surface area contributed by atoms with Gasteiger partial charge >= 0.3 is 0 Å². The molecule has 4 heteroatoms. The molecule has 3 atom stereocenters. The lowest BCUT2D eigenvalue weighted by Crippen LogP contribution is -2.36. The Balaban J connectivity index is 1.68. The monoisotopic (exact) mass is 231 g/mol. The van der Waals surface area contributed by atoms with Gasteiger partial charge in [-0.15, -0.1) is 11.6 Å². The molecule has 3 rings (SSSR count). The quantitative estimate of drug-likeness (QED) is 0.674. The normalized spacial score (nSPS) is 46.8. The number of halogens is 1. The van der Waals surface area contributed by atoms with Gasteiger partial charge in [0.2, 0.25) is 0 Å². The van der Waals surface area contributed by atoms with E-state index in [0.717, 1.165) is 19.0 Å². The third-order valence-electron chi connectivity index (χ3n) is 3.70. The van der Waals surface area contributed by atoms with Crippen LogP contribution in [0.3, 0.4) is 0 Å². The molecule has 0 bridgehead atoms. The molecule has 0 N–H and O–H groups in total. The maximum atomic E-state index is 5.94. The van der Waals surface area contributed by atoms with Crippen LogP contribution in [0.2, 0.25) is 0 Å². The molecule has 0 aromatic rings. The van der Waals surface area contributed by atoms with Crippen LogP contribution in [0.15, 0.2) is 0 Å². The number of ether oxygens (including phenoxy) is 2. The third kappa shape index (κ3) is 1.80. The zero-order chi connectivity index (χ0) is 10.5. The zero-order valence-electron chi connectivity index (χ0n) is 9.12. The second kappa shape index (κ2) is 3.59. The van der Waals surface area contributed by atoms with E-state index in [1.807, 2.05) is 0 Å². The van der Waals surface area contributed by atoms with Crippen molar-refractivity contribution in [2.75, 3.05) is 19.0 Å². The standard InChI is InChI=1S/C11H18ClNO2/c1-8-4-11(7-13(8)9-2-3-9)14-6-10(5-12)15-11/h8-10H,2-7H2,1H3. The van der Waals surface area contributed by atoms with Crippen molar-refractivity contribution in [3.8, 4) is 0 Å². The molecule has 0 amide bonds. The minimum atomic E-state index is -0.332. The summed E-state index contributed by atoms with van der Waals surface area (Å²) in [4.78, 5) is 2.54. The van der Waals surface area contributed by atoms with Crippen LogP contribution in [-0.4, -0.2) is 47.9 Å². The minimum absolute atomic E-state index is 0.0954. The first kappa shape index (κ1) is 10.3. The smallest absolute Gasteiger partial charge is 0.183 e. The molecule has 2 aliphatic heterocycles. The molecular weight excluding hydrogens is 214 g/mol. The van der Waals surface area contributed by atoms with Gasteiger partial charge in [0.1, 0.15) is 0 Å². The van der Waals surface area contributed by atoms with Gasteiger partial charge in [-0.1, -0.05) is 0 Å². The number of rotatable bonds is 2. The Morgan fingerprint density at radius 3 is 2.87 bits per heavy atom. The van der Waals surface area contributed by atoms with Crippen LogP contribution in [0, 0.1) is 0 Å². The van der Waals surface area contributed by atoms with Crippen molar-refractivity contribution in [3.63, 3.8) is 0 Å². The highest BCUT2D eigenvalue weighted by atomic mass is 35.5. The second-order valence-electron chi connectivity index (χ2n) is 5.07. The molecule has 1 spiro atoms. The SMILES string of the molecule is CC1CC2(CN1C1CC1)OCC(CCl)O2. The first-order valence-corrected chi connectivity index (χ1v) is 6.39. The molecule has 15 heavy (non-hydrogen) atoms. The van der Waals surface area contributed by atoms with Gasteiger partial charge in [-0.25, -0.2) is 0 Å². The fourth-order valence-electron chi connectivity index (χ4n) is 2.84. The molecule has 1 aliphatic carbocycles. The summed E-state index contributed by atoms with van der Waals surface area (Å²) >= 11 is 5.80. The summed E-state index contributed by atoms with van der Waals surface area (Å²) in [7, 11) is 0. The first-order valence-electron chi connectivity index (χ1n) is 5.86. The maximum Gasteiger partial charge on any atom is 0.183 e. The van der Waals surface area contributed by atoms with E-state index in [1.54, 1.807) is 0 Å². The summed E-state index contributed by atoms with van der Waals surface area (Å²) < 4.78 is 11.8. The number of hydrogen-bond donors (Lipinski definition) is 0. The van der Waals surface area contributed by atoms with Crippen LogP contribution >= 0.6 is 11.6 Å². The molecule has 2 saturated heterocycles. The summed E-state index contributed by atoms with van der Waals surface area (Å²) in [5.74, 6) is 0.209. The Bertz CT molecular complexity index is 259. The van der Waals surface area contributed by atoms with Crippen LogP contribution in [-0.2, 0) is 9.47 Å². The molecule has 3 unspecified atom stereocenters. The molecule has 3 aliphatic rings. The number of likely N-dealkylation sites (tertiary alicyclic amines) is 1. The second-order valence-corrected chi connectivity index (χ2v) is 5.38. The lowest BCUT2D eigenvalue weighted by atomic mass is 10.2. The van der Waals surface area contributed by atoms with E-state index in [0.29, 0.717) is 18.5 Å². The Kier molecular flexibility index (Phi) is 2.47. The van der Waals surface area contributed by atoms with Crippen molar-refractivity contribution in [1.29, 1.82) is 0 Å². The van der Waals surface area contributed by atoms with Crippen LogP contribution in [0.25, 0.3) is 0 Å². The van der Waals surface area contributed by atoms with Crippen LogP contribution in [0.1, 0.15) is 26.2 Å². The topological polar surface area (TPSA) is 21.7 Å². The average Bonchev–Trinajstić information content (AvgIpc) is 2.92. The van der Waals surface area contributed by atoms with Crippen molar-refractivity contribution in [1.82, 2.24) is 4.90 Å². The molecule has 3 nitrogen and oxygen atoms in total. The van der Waals surface area contributed by atoms with Gasteiger partial charge in [-0.3, -0.25) is 4.90 Å². The Morgan fingerprint density at radius 2 is 2.27 bits per heavy atom. The highest BCUT2D eigenvalue weighted by molar-refractivity contribution is 6.18. The molecule has 86 valence electrons. The summed E-state index contributed by atoms with van der Waals surface area (Å²) in [6.07, 6.45) is 3.79. The van der Waals surface area contributed by atoms with E-state index < -0.39 is 0 Å². The van der Waals surface area contributed by atoms with Gasteiger partial charge in [0, 0.05) is 18.5 Å². The summed E-state index contributed by atoms with van der Waals surface area (Å²) in [5, 5.41) is 0.